The first-order chi connectivity index (χ1) is 18.6. The molecule has 0 bridgehead atoms. The van der Waals surface area contributed by atoms with Gasteiger partial charge >= 0.3 is 6.18 Å². The molecule has 3 aromatic rings. The summed E-state index contributed by atoms with van der Waals surface area (Å²) in [6.07, 6.45) is 3.31. The van der Waals surface area contributed by atoms with Crippen LogP contribution in [0.4, 0.5) is 17.6 Å². The molecule has 1 unspecified atom stereocenters. The second-order valence-corrected chi connectivity index (χ2v) is 12.2. The predicted octanol–water partition coefficient (Wildman–Crippen LogP) is 5.11. The first kappa shape index (κ1) is 29.3. The molecule has 39 heavy (non-hydrogen) atoms. The second-order valence-electron chi connectivity index (χ2n) is 10.5. The van der Waals surface area contributed by atoms with Gasteiger partial charge in [-0.2, -0.15) is 17.6 Å². The van der Waals surface area contributed by atoms with E-state index in [1.165, 1.54) is 6.07 Å². The highest BCUT2D eigenvalue weighted by atomic mass is 32.2. The normalized spacial score (nSPS) is 23.2. The van der Waals surface area contributed by atoms with Crippen LogP contribution in [0.5, 0.6) is 0 Å². The zero-order valence-electron chi connectivity index (χ0n) is 22.1. The highest BCUT2D eigenvalue weighted by Gasteiger charge is 2.50. The van der Waals surface area contributed by atoms with E-state index in [4.69, 9.17) is 0 Å². The molecule has 1 N–H and O–H groups in total. The number of carbonyl (C=O) groups excluding carboxylic acids is 1. The zero-order chi connectivity index (χ0) is 28.2. The van der Waals surface area contributed by atoms with Gasteiger partial charge in [-0.3, -0.25) is 4.21 Å². The van der Waals surface area contributed by atoms with Gasteiger partial charge in [-0.05, 0) is 57.3 Å². The smallest absolute Gasteiger partial charge is 0.323 e. The van der Waals surface area contributed by atoms with Crippen molar-refractivity contribution in [3.8, 4) is 0 Å². The molecule has 3 aliphatic rings. The van der Waals surface area contributed by atoms with Gasteiger partial charge in [0, 0.05) is 57.4 Å². The first-order valence-electron chi connectivity index (χ1n) is 13.2. The lowest BCUT2D eigenvalue weighted by Gasteiger charge is -2.39. The number of fused-ring (bicyclic) bond motifs is 4. The summed E-state index contributed by atoms with van der Waals surface area (Å²) >= 11 is 0. The molecule has 2 aromatic heterocycles. The lowest BCUT2D eigenvalue weighted by Crippen LogP contribution is -2.33. The molecule has 6 rings (SSSR count). The number of aldehydes is 1. The fourth-order valence-electron chi connectivity index (χ4n) is 5.69. The Morgan fingerprint density at radius 1 is 1.15 bits per heavy atom. The van der Waals surface area contributed by atoms with Crippen LogP contribution in [0.3, 0.4) is 0 Å². The average Bonchev–Trinajstić information content (AvgIpc) is 3.42. The van der Waals surface area contributed by atoms with Crippen molar-refractivity contribution in [2.24, 2.45) is 5.92 Å². The van der Waals surface area contributed by atoms with Crippen LogP contribution in [-0.4, -0.2) is 56.9 Å². The van der Waals surface area contributed by atoms with Crippen molar-refractivity contribution in [1.29, 1.82) is 0 Å². The summed E-state index contributed by atoms with van der Waals surface area (Å²) in [4.78, 5) is 14.5. The molecule has 1 aliphatic heterocycles. The van der Waals surface area contributed by atoms with E-state index in [1.807, 2.05) is 14.1 Å². The van der Waals surface area contributed by atoms with Crippen LogP contribution in [-0.2, 0) is 27.4 Å². The van der Waals surface area contributed by atoms with Crippen LogP contribution in [0, 0.1) is 11.9 Å². The van der Waals surface area contributed by atoms with Crippen molar-refractivity contribution >= 4 is 22.7 Å². The minimum Gasteiger partial charge on any atom is -0.323 e. The standard InChI is InChI=1S/C20H17F4N3.C6H10O2S.C2H7N/c21-16-8-17-25-11-15-14(10-19(6-1-7-19)18(15)27(17)26-16)13-4-2-12(3-5-13)9-20(22,23)24;7-5-6-1-3-9(8)4-2-6;1-3-2/h2-5,8,11,14H,1,6-7,9-10H2;5-6H,1-4H2;3H,1-2H3. The van der Waals surface area contributed by atoms with E-state index in [2.05, 4.69) is 15.4 Å². The molecular formula is C28H34F4N4O2S. The molecule has 0 amide bonds. The van der Waals surface area contributed by atoms with E-state index in [9.17, 15) is 26.6 Å². The van der Waals surface area contributed by atoms with E-state index >= 15 is 0 Å². The molecule has 1 atom stereocenters. The number of nitrogens with zero attached hydrogens (tertiary/aromatic N) is 3. The lowest BCUT2D eigenvalue weighted by molar-refractivity contribution is -0.127. The molecule has 2 fully saturated rings. The van der Waals surface area contributed by atoms with Gasteiger partial charge in [-0.15, -0.1) is 5.10 Å². The van der Waals surface area contributed by atoms with Gasteiger partial charge in [0.2, 0.25) is 5.95 Å². The number of nitrogens with one attached hydrogen (secondary N) is 1. The molecule has 1 saturated carbocycles. The van der Waals surface area contributed by atoms with Crippen molar-refractivity contribution in [2.75, 3.05) is 25.6 Å². The number of hydrogen-bond donors (Lipinski definition) is 1. The Hall–Kier alpha value is -2.66. The van der Waals surface area contributed by atoms with Crippen LogP contribution in [0.25, 0.3) is 5.65 Å². The van der Waals surface area contributed by atoms with Gasteiger partial charge in [-0.25, -0.2) is 9.50 Å². The Kier molecular flexibility index (Phi) is 9.21. The molecule has 2 aliphatic carbocycles. The molecule has 0 radical (unpaired) electrons. The highest BCUT2D eigenvalue weighted by molar-refractivity contribution is 7.85. The van der Waals surface area contributed by atoms with E-state index in [0.29, 0.717) is 5.65 Å². The third-order valence-corrected chi connectivity index (χ3v) is 9.06. The maximum Gasteiger partial charge on any atom is 0.393 e. The second kappa shape index (κ2) is 12.2. The Morgan fingerprint density at radius 3 is 2.33 bits per heavy atom. The number of rotatable bonds is 3. The minimum absolute atomic E-state index is 0.0374. The molecule has 1 spiro atoms. The average molecular weight is 567 g/mol. The van der Waals surface area contributed by atoms with Crippen LogP contribution in [0.1, 0.15) is 66.8 Å². The zero-order valence-corrected chi connectivity index (χ0v) is 23.0. The summed E-state index contributed by atoms with van der Waals surface area (Å²) < 4.78 is 63.8. The van der Waals surface area contributed by atoms with Crippen LogP contribution in [0.2, 0.25) is 0 Å². The number of benzene rings is 1. The number of hydrogen-bond acceptors (Lipinski definition) is 5. The fourth-order valence-corrected chi connectivity index (χ4v) is 7.03. The van der Waals surface area contributed by atoms with Gasteiger partial charge in [-0.1, -0.05) is 30.7 Å². The number of alkyl halides is 3. The third kappa shape index (κ3) is 6.74. The van der Waals surface area contributed by atoms with Crippen molar-refractivity contribution in [3.05, 3.63) is 64.9 Å². The van der Waals surface area contributed by atoms with Crippen LogP contribution in [0.15, 0.2) is 36.5 Å². The Morgan fingerprint density at radius 2 is 1.79 bits per heavy atom. The van der Waals surface area contributed by atoms with E-state index in [1.54, 1.807) is 35.0 Å². The SMILES string of the molecule is CNC.Fc1cc2ncc3c(n2n1)C1(CCC1)CC3c1ccc(CC(F)(F)F)cc1.O=CC1CCS(=O)CC1. The summed E-state index contributed by atoms with van der Waals surface area (Å²) in [5.74, 6) is 1.14. The molecule has 6 nitrogen and oxygen atoms in total. The Bertz CT molecular complexity index is 1300. The lowest BCUT2D eigenvalue weighted by atomic mass is 9.66. The largest absolute Gasteiger partial charge is 0.393 e. The fraction of sp³-hybridized carbons (Fsp3) is 0.536. The molecular weight excluding hydrogens is 532 g/mol. The van der Waals surface area contributed by atoms with Crippen LogP contribution < -0.4 is 5.32 Å². The summed E-state index contributed by atoms with van der Waals surface area (Å²) in [5.41, 5.74) is 3.72. The number of aromatic nitrogens is 3. The number of halogens is 4. The van der Waals surface area contributed by atoms with Gasteiger partial charge in [0.25, 0.3) is 0 Å². The summed E-state index contributed by atoms with van der Waals surface area (Å²) in [6.45, 7) is 0. The van der Waals surface area contributed by atoms with E-state index in [0.717, 1.165) is 73.1 Å². The summed E-state index contributed by atoms with van der Waals surface area (Å²) in [6, 6.07) is 7.98. The van der Waals surface area contributed by atoms with E-state index < -0.39 is 29.3 Å². The monoisotopic (exact) mass is 566 g/mol. The molecule has 3 heterocycles. The maximum absolute atomic E-state index is 13.7. The maximum atomic E-state index is 13.7. The number of carbonyl (C=O) groups is 1. The highest BCUT2D eigenvalue weighted by Crippen LogP contribution is 2.58. The van der Waals surface area contributed by atoms with Crippen molar-refractivity contribution in [3.63, 3.8) is 0 Å². The van der Waals surface area contributed by atoms with E-state index in [-0.39, 0.29) is 22.8 Å². The molecule has 1 aromatic carbocycles. The van der Waals surface area contributed by atoms with Crippen LogP contribution >= 0.6 is 0 Å². The Labute approximate surface area is 228 Å². The molecule has 1 saturated heterocycles. The minimum atomic E-state index is -4.21. The van der Waals surface area contributed by atoms with Gasteiger partial charge in [0.05, 0.1) is 12.1 Å². The van der Waals surface area contributed by atoms with Crippen molar-refractivity contribution < 1.29 is 26.6 Å². The summed E-state index contributed by atoms with van der Waals surface area (Å²) in [5, 5.41) is 6.76. The summed E-state index contributed by atoms with van der Waals surface area (Å²) in [7, 11) is 3.13. The molecule has 11 heteroatoms. The van der Waals surface area contributed by atoms with Crippen molar-refractivity contribution in [1.82, 2.24) is 19.9 Å². The quantitative estimate of drug-likeness (QED) is 0.352. The third-order valence-electron chi connectivity index (χ3n) is 7.68. The van der Waals surface area contributed by atoms with Gasteiger partial charge in [0.15, 0.2) is 5.65 Å². The van der Waals surface area contributed by atoms with Gasteiger partial charge in [0.1, 0.15) is 6.29 Å². The topological polar surface area (TPSA) is 76.4 Å². The molecule has 212 valence electrons. The van der Waals surface area contributed by atoms with Crippen molar-refractivity contribution in [2.45, 2.75) is 62.5 Å². The van der Waals surface area contributed by atoms with Gasteiger partial charge < -0.3 is 10.1 Å². The Balaban J connectivity index is 0.000000247. The predicted molar refractivity (Wildman–Crippen MR) is 143 cm³/mol. The first-order valence-corrected chi connectivity index (χ1v) is 14.7.